The molecule has 0 radical (unpaired) electrons. The van der Waals surface area contributed by atoms with Crippen LogP contribution in [0.4, 0.5) is 0 Å². The highest BCUT2D eigenvalue weighted by molar-refractivity contribution is 5.22. The van der Waals surface area contributed by atoms with E-state index in [1.807, 2.05) is 30.3 Å². The number of nitrogens with zero attached hydrogens (tertiary/aromatic N) is 1. The van der Waals surface area contributed by atoms with Crippen molar-refractivity contribution < 1.29 is 9.84 Å². The minimum atomic E-state index is -0.973. The monoisotopic (exact) mass is 218 g/mol. The minimum Gasteiger partial charge on any atom is -0.393 e. The third-order valence-corrected chi connectivity index (χ3v) is 2.77. The second-order valence-electron chi connectivity index (χ2n) is 3.97. The number of aliphatic hydroxyl groups is 1. The smallest absolute Gasteiger partial charge is 0.154 e. The standard InChI is InChI=1S/C12H14N2O2/c13-7-12(8-15)9-16-6-11(14-12)10-4-2-1-3-5-10/h1-5,11,14-15H,6,8-9H2. The van der Waals surface area contributed by atoms with Crippen LogP contribution >= 0.6 is 0 Å². The first-order valence-corrected chi connectivity index (χ1v) is 5.22. The molecule has 1 aromatic carbocycles. The van der Waals surface area contributed by atoms with Gasteiger partial charge in [-0.3, -0.25) is 5.32 Å². The van der Waals surface area contributed by atoms with Crippen LogP contribution in [0, 0.1) is 11.3 Å². The Bertz CT molecular complexity index is 388. The second-order valence-corrected chi connectivity index (χ2v) is 3.97. The van der Waals surface area contributed by atoms with E-state index < -0.39 is 5.54 Å². The van der Waals surface area contributed by atoms with Crippen LogP contribution in [-0.2, 0) is 4.74 Å². The maximum absolute atomic E-state index is 9.24. The summed E-state index contributed by atoms with van der Waals surface area (Å²) in [6.07, 6.45) is 0. The molecule has 4 nitrogen and oxygen atoms in total. The van der Waals surface area contributed by atoms with Crippen molar-refractivity contribution in [3.63, 3.8) is 0 Å². The van der Waals surface area contributed by atoms with Crippen LogP contribution < -0.4 is 5.32 Å². The molecule has 2 unspecified atom stereocenters. The predicted octanol–water partition coefficient (Wildman–Crippen LogP) is 0.602. The van der Waals surface area contributed by atoms with Crippen LogP contribution in [0.3, 0.4) is 0 Å². The van der Waals surface area contributed by atoms with Crippen LogP contribution in [0.5, 0.6) is 0 Å². The van der Waals surface area contributed by atoms with Crippen molar-refractivity contribution in [3.05, 3.63) is 35.9 Å². The van der Waals surface area contributed by atoms with Gasteiger partial charge in [0, 0.05) is 0 Å². The summed E-state index contributed by atoms with van der Waals surface area (Å²) < 4.78 is 5.39. The molecule has 1 fully saturated rings. The molecule has 2 N–H and O–H groups in total. The molecule has 84 valence electrons. The summed E-state index contributed by atoms with van der Waals surface area (Å²) in [5.74, 6) is 0. The Labute approximate surface area is 94.5 Å². The van der Waals surface area contributed by atoms with Crippen molar-refractivity contribution >= 4 is 0 Å². The molecule has 0 amide bonds. The summed E-state index contributed by atoms with van der Waals surface area (Å²) in [6.45, 7) is 0.504. The van der Waals surface area contributed by atoms with E-state index in [9.17, 15) is 5.11 Å². The quantitative estimate of drug-likeness (QED) is 0.763. The van der Waals surface area contributed by atoms with Gasteiger partial charge in [0.2, 0.25) is 0 Å². The molecule has 2 rings (SSSR count). The van der Waals surface area contributed by atoms with E-state index in [0.717, 1.165) is 5.56 Å². The molecular formula is C12H14N2O2. The first-order valence-electron chi connectivity index (χ1n) is 5.22. The fourth-order valence-electron chi connectivity index (χ4n) is 1.82. The molecule has 16 heavy (non-hydrogen) atoms. The van der Waals surface area contributed by atoms with Gasteiger partial charge in [-0.05, 0) is 5.56 Å². The predicted molar refractivity (Wildman–Crippen MR) is 58.6 cm³/mol. The highest BCUT2D eigenvalue weighted by Crippen LogP contribution is 2.21. The molecule has 2 atom stereocenters. The summed E-state index contributed by atoms with van der Waals surface area (Å²) in [5, 5.41) is 21.4. The highest BCUT2D eigenvalue weighted by atomic mass is 16.5. The van der Waals surface area contributed by atoms with Gasteiger partial charge in [-0.15, -0.1) is 0 Å². The zero-order chi connectivity index (χ0) is 11.4. The van der Waals surface area contributed by atoms with Crippen molar-refractivity contribution in [3.8, 4) is 6.07 Å². The van der Waals surface area contributed by atoms with Crippen molar-refractivity contribution in [1.29, 1.82) is 5.26 Å². The lowest BCUT2D eigenvalue weighted by Gasteiger charge is -2.36. The van der Waals surface area contributed by atoms with Crippen molar-refractivity contribution in [2.75, 3.05) is 19.8 Å². The third kappa shape index (κ3) is 2.07. The molecule has 1 aliphatic rings. The van der Waals surface area contributed by atoms with Crippen molar-refractivity contribution in [1.82, 2.24) is 5.32 Å². The van der Waals surface area contributed by atoms with Crippen LogP contribution in [0.1, 0.15) is 11.6 Å². The Morgan fingerprint density at radius 1 is 1.50 bits per heavy atom. The van der Waals surface area contributed by atoms with Crippen LogP contribution in [0.25, 0.3) is 0 Å². The zero-order valence-corrected chi connectivity index (χ0v) is 8.89. The number of benzene rings is 1. The van der Waals surface area contributed by atoms with Crippen LogP contribution in [0.2, 0.25) is 0 Å². The SMILES string of the molecule is N#CC1(CO)COCC(c2ccccc2)N1. The van der Waals surface area contributed by atoms with Gasteiger partial charge >= 0.3 is 0 Å². The van der Waals surface area contributed by atoms with Gasteiger partial charge in [0.1, 0.15) is 0 Å². The maximum Gasteiger partial charge on any atom is 0.154 e. The number of nitriles is 1. The highest BCUT2D eigenvalue weighted by Gasteiger charge is 2.36. The van der Waals surface area contributed by atoms with E-state index >= 15 is 0 Å². The van der Waals surface area contributed by atoms with E-state index in [1.165, 1.54) is 0 Å². The Morgan fingerprint density at radius 2 is 2.25 bits per heavy atom. The fourth-order valence-corrected chi connectivity index (χ4v) is 1.82. The molecule has 0 spiro atoms. The number of rotatable bonds is 2. The molecule has 1 aliphatic heterocycles. The van der Waals surface area contributed by atoms with Gasteiger partial charge in [-0.25, -0.2) is 0 Å². The van der Waals surface area contributed by atoms with E-state index in [0.29, 0.717) is 6.61 Å². The normalized spacial score (nSPS) is 29.6. The number of nitrogens with one attached hydrogen (secondary N) is 1. The molecular weight excluding hydrogens is 204 g/mol. The molecule has 0 bridgehead atoms. The Hall–Kier alpha value is -1.41. The second kappa shape index (κ2) is 4.62. The van der Waals surface area contributed by atoms with Crippen molar-refractivity contribution in [2.45, 2.75) is 11.6 Å². The third-order valence-electron chi connectivity index (χ3n) is 2.77. The summed E-state index contributed by atoms with van der Waals surface area (Å²) >= 11 is 0. The Morgan fingerprint density at radius 3 is 2.88 bits per heavy atom. The molecule has 1 saturated heterocycles. The average Bonchev–Trinajstić information content (AvgIpc) is 2.40. The lowest BCUT2D eigenvalue weighted by molar-refractivity contribution is -0.00185. The first-order chi connectivity index (χ1) is 7.79. The number of hydrogen-bond donors (Lipinski definition) is 2. The topological polar surface area (TPSA) is 65.3 Å². The van der Waals surface area contributed by atoms with Crippen LogP contribution in [-0.4, -0.2) is 30.5 Å². The van der Waals surface area contributed by atoms with Gasteiger partial charge < -0.3 is 9.84 Å². The average molecular weight is 218 g/mol. The minimum absolute atomic E-state index is 0.0400. The molecule has 4 heteroatoms. The molecule has 1 aromatic rings. The number of aliphatic hydroxyl groups excluding tert-OH is 1. The molecule has 0 aromatic heterocycles. The van der Waals surface area contributed by atoms with Gasteiger partial charge in [-0.2, -0.15) is 5.26 Å². The zero-order valence-electron chi connectivity index (χ0n) is 8.89. The Balaban J connectivity index is 2.17. The molecule has 0 saturated carbocycles. The lowest BCUT2D eigenvalue weighted by atomic mass is 9.97. The van der Waals surface area contributed by atoms with Crippen LogP contribution in [0.15, 0.2) is 30.3 Å². The number of ether oxygens (including phenoxy) is 1. The van der Waals surface area contributed by atoms with Crippen molar-refractivity contribution in [2.24, 2.45) is 0 Å². The van der Waals surface area contributed by atoms with Gasteiger partial charge in [0.15, 0.2) is 5.54 Å². The summed E-state index contributed by atoms with van der Waals surface area (Å²) in [4.78, 5) is 0. The lowest BCUT2D eigenvalue weighted by Crippen LogP contribution is -2.57. The summed E-state index contributed by atoms with van der Waals surface area (Å²) in [6, 6.07) is 11.8. The largest absolute Gasteiger partial charge is 0.393 e. The fraction of sp³-hybridized carbons (Fsp3) is 0.417. The number of morpholine rings is 1. The van der Waals surface area contributed by atoms with E-state index in [-0.39, 0.29) is 19.3 Å². The van der Waals surface area contributed by atoms with Gasteiger partial charge in [-0.1, -0.05) is 30.3 Å². The summed E-state index contributed by atoms with van der Waals surface area (Å²) in [7, 11) is 0. The summed E-state index contributed by atoms with van der Waals surface area (Å²) in [5.41, 5.74) is 0.0916. The van der Waals surface area contributed by atoms with E-state index in [1.54, 1.807) is 0 Å². The van der Waals surface area contributed by atoms with Gasteiger partial charge in [0.05, 0.1) is 31.9 Å². The Kier molecular flexibility index (Phi) is 3.20. The number of hydrogen-bond acceptors (Lipinski definition) is 4. The van der Waals surface area contributed by atoms with E-state index in [2.05, 4.69) is 11.4 Å². The first kappa shape index (κ1) is 11.1. The maximum atomic E-state index is 9.24. The van der Waals surface area contributed by atoms with Gasteiger partial charge in [0.25, 0.3) is 0 Å². The molecule has 1 heterocycles. The molecule has 0 aliphatic carbocycles. The van der Waals surface area contributed by atoms with E-state index in [4.69, 9.17) is 10.00 Å².